The molecule has 0 radical (unpaired) electrons. The highest BCUT2D eigenvalue weighted by molar-refractivity contribution is 7.89. The van der Waals surface area contributed by atoms with Crippen LogP contribution in [0.15, 0.2) is 17.3 Å². The number of nitrogens with zero attached hydrogens (tertiary/aromatic N) is 3. The zero-order valence-electron chi connectivity index (χ0n) is 10.2. The molecule has 1 saturated heterocycles. The molecule has 0 aromatic carbocycles. The Bertz CT molecular complexity index is 504. The largest absolute Gasteiger partial charge is 0.246 e. The number of hydrogen-bond acceptors (Lipinski definition) is 4. The minimum absolute atomic E-state index is 0.0548. The van der Waals surface area contributed by atoms with Gasteiger partial charge in [0.25, 0.3) is 0 Å². The number of aromatic nitrogens is 2. The lowest BCUT2D eigenvalue weighted by Crippen LogP contribution is -2.29. The van der Waals surface area contributed by atoms with Gasteiger partial charge in [-0.05, 0) is 30.4 Å². The van der Waals surface area contributed by atoms with Gasteiger partial charge in [-0.3, -0.25) is 0 Å². The van der Waals surface area contributed by atoms with E-state index in [0.29, 0.717) is 19.0 Å². The first-order valence-electron chi connectivity index (χ1n) is 6.01. The molecule has 1 unspecified atom stereocenters. The van der Waals surface area contributed by atoms with Crippen molar-refractivity contribution in [3.05, 3.63) is 17.7 Å². The lowest BCUT2D eigenvalue weighted by molar-refractivity contribution is 0.444. The molecule has 100 valence electrons. The third kappa shape index (κ3) is 2.81. The molecule has 0 spiro atoms. The Morgan fingerprint density at radius 1 is 1.44 bits per heavy atom. The van der Waals surface area contributed by atoms with Gasteiger partial charge in [-0.15, -0.1) is 0 Å². The van der Waals surface area contributed by atoms with Gasteiger partial charge in [-0.1, -0.05) is 13.3 Å². The van der Waals surface area contributed by atoms with Crippen molar-refractivity contribution in [1.29, 1.82) is 0 Å². The number of rotatable bonds is 4. The van der Waals surface area contributed by atoms with Crippen LogP contribution in [-0.2, 0) is 10.0 Å². The summed E-state index contributed by atoms with van der Waals surface area (Å²) >= 11 is 5.56. The average molecular weight is 290 g/mol. The van der Waals surface area contributed by atoms with Crippen LogP contribution < -0.4 is 0 Å². The Balaban J connectivity index is 2.15. The molecule has 0 bridgehead atoms. The second kappa shape index (κ2) is 5.50. The predicted molar refractivity (Wildman–Crippen MR) is 68.8 cm³/mol. The summed E-state index contributed by atoms with van der Waals surface area (Å²) in [5.41, 5.74) is 0. The maximum absolute atomic E-state index is 12.3. The fourth-order valence-corrected chi connectivity index (χ4v) is 3.76. The van der Waals surface area contributed by atoms with Gasteiger partial charge in [0.2, 0.25) is 15.3 Å². The molecule has 1 atom stereocenters. The third-order valence-corrected chi connectivity index (χ3v) is 5.19. The Kier molecular flexibility index (Phi) is 4.19. The van der Waals surface area contributed by atoms with Gasteiger partial charge < -0.3 is 0 Å². The first-order valence-corrected chi connectivity index (χ1v) is 7.83. The van der Waals surface area contributed by atoms with Crippen molar-refractivity contribution in [2.45, 2.75) is 31.1 Å². The topological polar surface area (TPSA) is 63.2 Å². The van der Waals surface area contributed by atoms with E-state index in [9.17, 15) is 8.42 Å². The Labute approximate surface area is 112 Å². The minimum atomic E-state index is -3.46. The van der Waals surface area contributed by atoms with Gasteiger partial charge in [0.15, 0.2) is 0 Å². The highest BCUT2D eigenvalue weighted by atomic mass is 35.5. The van der Waals surface area contributed by atoms with E-state index >= 15 is 0 Å². The van der Waals surface area contributed by atoms with E-state index < -0.39 is 10.0 Å². The smallest absolute Gasteiger partial charge is 0.225 e. The maximum Gasteiger partial charge on any atom is 0.246 e. The van der Waals surface area contributed by atoms with Crippen LogP contribution >= 0.6 is 11.6 Å². The molecule has 1 aliphatic heterocycles. The summed E-state index contributed by atoms with van der Waals surface area (Å²) in [4.78, 5) is 7.56. The average Bonchev–Trinajstić information content (AvgIpc) is 2.79. The maximum atomic E-state index is 12.3. The number of halogens is 1. The van der Waals surface area contributed by atoms with E-state index in [-0.39, 0.29) is 10.2 Å². The zero-order chi connectivity index (χ0) is 13.2. The molecule has 0 amide bonds. The van der Waals surface area contributed by atoms with E-state index in [2.05, 4.69) is 16.9 Å². The summed E-state index contributed by atoms with van der Waals surface area (Å²) in [6.07, 6.45) is 5.61. The molecule has 5 nitrogen and oxygen atoms in total. The summed E-state index contributed by atoms with van der Waals surface area (Å²) in [7, 11) is -3.46. The van der Waals surface area contributed by atoms with Crippen molar-refractivity contribution < 1.29 is 8.42 Å². The molecular formula is C11H16ClN3O2S. The van der Waals surface area contributed by atoms with E-state index in [1.54, 1.807) is 0 Å². The van der Waals surface area contributed by atoms with Gasteiger partial charge >= 0.3 is 0 Å². The van der Waals surface area contributed by atoms with Crippen LogP contribution in [0.1, 0.15) is 26.2 Å². The molecule has 1 aliphatic rings. The van der Waals surface area contributed by atoms with E-state index in [1.807, 2.05) is 0 Å². The van der Waals surface area contributed by atoms with Gasteiger partial charge in [0.05, 0.1) is 12.4 Å². The van der Waals surface area contributed by atoms with Crippen LogP contribution in [0.4, 0.5) is 0 Å². The lowest BCUT2D eigenvalue weighted by Gasteiger charge is -2.15. The van der Waals surface area contributed by atoms with Crippen LogP contribution in [0, 0.1) is 5.92 Å². The summed E-state index contributed by atoms with van der Waals surface area (Å²) in [6.45, 7) is 3.29. The first kappa shape index (κ1) is 13.7. The van der Waals surface area contributed by atoms with Crippen molar-refractivity contribution in [2.24, 2.45) is 5.92 Å². The second-order valence-electron chi connectivity index (χ2n) is 4.49. The second-order valence-corrected chi connectivity index (χ2v) is 6.77. The van der Waals surface area contributed by atoms with Crippen LogP contribution in [0.3, 0.4) is 0 Å². The molecule has 1 fully saturated rings. The number of sulfonamides is 1. The van der Waals surface area contributed by atoms with Crippen LogP contribution in [-0.4, -0.2) is 35.8 Å². The molecule has 1 aromatic rings. The molecule has 2 rings (SSSR count). The molecular weight excluding hydrogens is 274 g/mol. The predicted octanol–water partition coefficient (Wildman–Crippen LogP) is 1.94. The van der Waals surface area contributed by atoms with Crippen LogP contribution in [0.2, 0.25) is 5.28 Å². The van der Waals surface area contributed by atoms with E-state index in [1.165, 1.54) is 16.7 Å². The number of hydrogen-bond donors (Lipinski definition) is 0. The van der Waals surface area contributed by atoms with Crippen LogP contribution in [0.25, 0.3) is 0 Å². The standard InChI is InChI=1S/C11H16ClN3O2S/c1-2-3-9-4-5-15(8-9)18(16,17)10-6-13-11(12)14-7-10/h6-7,9H,2-5,8H2,1H3. The summed E-state index contributed by atoms with van der Waals surface area (Å²) in [6, 6.07) is 0. The highest BCUT2D eigenvalue weighted by Gasteiger charge is 2.32. The summed E-state index contributed by atoms with van der Waals surface area (Å²) in [5, 5.41) is 0.0548. The Morgan fingerprint density at radius 3 is 2.72 bits per heavy atom. The van der Waals surface area contributed by atoms with Crippen molar-refractivity contribution in [3.63, 3.8) is 0 Å². The molecule has 2 heterocycles. The monoisotopic (exact) mass is 289 g/mol. The van der Waals surface area contributed by atoms with Crippen molar-refractivity contribution in [3.8, 4) is 0 Å². The van der Waals surface area contributed by atoms with Gasteiger partial charge in [-0.2, -0.15) is 4.31 Å². The SMILES string of the molecule is CCCC1CCN(S(=O)(=O)c2cnc(Cl)nc2)C1. The van der Waals surface area contributed by atoms with E-state index in [0.717, 1.165) is 19.3 Å². The fourth-order valence-electron chi connectivity index (χ4n) is 2.24. The normalized spacial score (nSPS) is 21.3. The van der Waals surface area contributed by atoms with Crippen molar-refractivity contribution >= 4 is 21.6 Å². The molecule has 0 saturated carbocycles. The van der Waals surface area contributed by atoms with Gasteiger partial charge in [0, 0.05) is 13.1 Å². The molecule has 0 N–H and O–H groups in total. The third-order valence-electron chi connectivity index (χ3n) is 3.18. The molecule has 7 heteroatoms. The van der Waals surface area contributed by atoms with Crippen molar-refractivity contribution in [2.75, 3.05) is 13.1 Å². The summed E-state index contributed by atoms with van der Waals surface area (Å²) < 4.78 is 26.1. The minimum Gasteiger partial charge on any atom is -0.225 e. The molecule has 1 aromatic heterocycles. The van der Waals surface area contributed by atoms with E-state index in [4.69, 9.17) is 11.6 Å². The fraction of sp³-hybridized carbons (Fsp3) is 0.636. The lowest BCUT2D eigenvalue weighted by atomic mass is 10.0. The highest BCUT2D eigenvalue weighted by Crippen LogP contribution is 2.26. The Morgan fingerprint density at radius 2 is 2.11 bits per heavy atom. The van der Waals surface area contributed by atoms with Gasteiger partial charge in [0.1, 0.15) is 4.90 Å². The van der Waals surface area contributed by atoms with Crippen LogP contribution in [0.5, 0.6) is 0 Å². The quantitative estimate of drug-likeness (QED) is 0.795. The van der Waals surface area contributed by atoms with Crippen molar-refractivity contribution in [1.82, 2.24) is 14.3 Å². The molecule has 0 aliphatic carbocycles. The zero-order valence-corrected chi connectivity index (χ0v) is 11.8. The summed E-state index contributed by atoms with van der Waals surface area (Å²) in [5.74, 6) is 0.470. The Hall–Kier alpha value is -0.720. The van der Waals surface area contributed by atoms with Gasteiger partial charge in [-0.25, -0.2) is 18.4 Å². The first-order chi connectivity index (χ1) is 8.54. The molecule has 18 heavy (non-hydrogen) atoms.